The van der Waals surface area contributed by atoms with E-state index in [1.165, 1.54) is 4.68 Å². The first-order valence-corrected chi connectivity index (χ1v) is 6.81. The van der Waals surface area contributed by atoms with Gasteiger partial charge in [-0.2, -0.15) is 5.10 Å². The molecule has 0 unspecified atom stereocenters. The average Bonchev–Trinajstić information content (AvgIpc) is 2.66. The standard InChI is InChI=1S/C12H11BrClN3O2/c1-3-9-11(17(18)19)12(14)16(15-9)10-5-4-8(13)6-7(10)2/h4-6H,3H2,1-2H3. The fourth-order valence-corrected chi connectivity index (χ4v) is 2.65. The van der Waals surface area contributed by atoms with Gasteiger partial charge in [0.25, 0.3) is 0 Å². The zero-order valence-electron chi connectivity index (χ0n) is 10.4. The Hall–Kier alpha value is -1.40. The molecule has 0 fully saturated rings. The predicted octanol–water partition coefficient (Wildman–Crippen LogP) is 4.07. The maximum atomic E-state index is 11.0. The number of nitrogens with zero attached hydrogens (tertiary/aromatic N) is 3. The summed E-state index contributed by atoms with van der Waals surface area (Å²) in [6.07, 6.45) is 0.457. The second-order valence-corrected chi connectivity index (χ2v) is 5.31. The molecule has 1 heterocycles. The van der Waals surface area contributed by atoms with Crippen molar-refractivity contribution in [3.05, 3.63) is 49.2 Å². The van der Waals surface area contributed by atoms with Crippen molar-refractivity contribution in [1.29, 1.82) is 0 Å². The molecule has 2 aromatic rings. The summed E-state index contributed by atoms with van der Waals surface area (Å²) in [6.45, 7) is 3.71. The van der Waals surface area contributed by atoms with Crippen LogP contribution in [0.1, 0.15) is 18.2 Å². The van der Waals surface area contributed by atoms with Crippen LogP contribution in [0, 0.1) is 17.0 Å². The summed E-state index contributed by atoms with van der Waals surface area (Å²) in [5, 5.41) is 15.3. The largest absolute Gasteiger partial charge is 0.329 e. The van der Waals surface area contributed by atoms with Gasteiger partial charge in [-0.1, -0.05) is 34.5 Å². The van der Waals surface area contributed by atoms with Crippen LogP contribution in [0.2, 0.25) is 5.15 Å². The molecule has 2 rings (SSSR count). The summed E-state index contributed by atoms with van der Waals surface area (Å²) in [5.41, 5.74) is 1.93. The van der Waals surface area contributed by atoms with Gasteiger partial charge in [-0.3, -0.25) is 10.1 Å². The molecule has 7 heteroatoms. The van der Waals surface area contributed by atoms with Gasteiger partial charge >= 0.3 is 5.69 Å². The molecule has 0 amide bonds. The monoisotopic (exact) mass is 343 g/mol. The molecule has 19 heavy (non-hydrogen) atoms. The third-order valence-electron chi connectivity index (χ3n) is 2.78. The zero-order valence-corrected chi connectivity index (χ0v) is 12.7. The Labute approximate surface area is 123 Å². The van der Waals surface area contributed by atoms with Gasteiger partial charge in [0.15, 0.2) is 0 Å². The van der Waals surface area contributed by atoms with E-state index in [1.54, 1.807) is 0 Å². The summed E-state index contributed by atoms with van der Waals surface area (Å²) >= 11 is 9.47. The summed E-state index contributed by atoms with van der Waals surface area (Å²) in [5.74, 6) is 0. The zero-order chi connectivity index (χ0) is 14.2. The predicted molar refractivity (Wildman–Crippen MR) is 77.0 cm³/mol. The van der Waals surface area contributed by atoms with Crippen LogP contribution >= 0.6 is 27.5 Å². The summed E-state index contributed by atoms with van der Waals surface area (Å²) in [6, 6.07) is 5.57. The van der Waals surface area contributed by atoms with Gasteiger partial charge in [-0.15, -0.1) is 0 Å². The second-order valence-electron chi connectivity index (χ2n) is 4.04. The topological polar surface area (TPSA) is 61.0 Å². The third-order valence-corrected chi connectivity index (χ3v) is 3.61. The highest BCUT2D eigenvalue weighted by atomic mass is 79.9. The molecular weight excluding hydrogens is 334 g/mol. The van der Waals surface area contributed by atoms with Gasteiger partial charge in [0.05, 0.1) is 10.6 Å². The third kappa shape index (κ3) is 2.50. The van der Waals surface area contributed by atoms with Gasteiger partial charge in [-0.25, -0.2) is 4.68 Å². The Morgan fingerprint density at radius 3 is 2.68 bits per heavy atom. The highest BCUT2D eigenvalue weighted by Gasteiger charge is 2.26. The van der Waals surface area contributed by atoms with E-state index in [0.717, 1.165) is 15.7 Å². The first kappa shape index (κ1) is 14.0. The number of nitro groups is 1. The number of hydrogen-bond donors (Lipinski definition) is 0. The lowest BCUT2D eigenvalue weighted by atomic mass is 10.2. The lowest BCUT2D eigenvalue weighted by Gasteiger charge is -2.06. The first-order chi connectivity index (χ1) is 8.95. The van der Waals surface area contributed by atoms with Crippen molar-refractivity contribution in [3.63, 3.8) is 0 Å². The van der Waals surface area contributed by atoms with Gasteiger partial charge in [0.2, 0.25) is 5.15 Å². The van der Waals surface area contributed by atoms with E-state index in [1.807, 2.05) is 32.0 Å². The fraction of sp³-hybridized carbons (Fsp3) is 0.250. The number of aromatic nitrogens is 2. The molecule has 100 valence electrons. The van der Waals surface area contributed by atoms with Crippen LogP contribution in [-0.2, 0) is 6.42 Å². The van der Waals surface area contributed by atoms with Crippen LogP contribution in [-0.4, -0.2) is 14.7 Å². The molecule has 1 aromatic carbocycles. The van der Waals surface area contributed by atoms with Crippen LogP contribution in [0.3, 0.4) is 0 Å². The van der Waals surface area contributed by atoms with Crippen molar-refractivity contribution < 1.29 is 4.92 Å². The molecule has 0 aliphatic carbocycles. The minimum Gasteiger partial charge on any atom is -0.258 e. The van der Waals surface area contributed by atoms with E-state index >= 15 is 0 Å². The molecule has 5 nitrogen and oxygen atoms in total. The molecule has 1 aromatic heterocycles. The Morgan fingerprint density at radius 1 is 1.53 bits per heavy atom. The van der Waals surface area contributed by atoms with Crippen molar-refractivity contribution in [2.45, 2.75) is 20.3 Å². The quantitative estimate of drug-likeness (QED) is 0.623. The molecule has 0 bridgehead atoms. The lowest BCUT2D eigenvalue weighted by Crippen LogP contribution is -2.00. The van der Waals surface area contributed by atoms with Gasteiger partial charge in [-0.05, 0) is 37.1 Å². The van der Waals surface area contributed by atoms with Gasteiger partial charge in [0, 0.05) is 4.47 Å². The molecule has 0 aliphatic heterocycles. The van der Waals surface area contributed by atoms with E-state index < -0.39 is 4.92 Å². The van der Waals surface area contributed by atoms with Crippen LogP contribution < -0.4 is 0 Å². The minimum atomic E-state index is -0.487. The van der Waals surface area contributed by atoms with E-state index in [4.69, 9.17) is 11.6 Å². The Kier molecular flexibility index (Phi) is 3.91. The van der Waals surface area contributed by atoms with Crippen LogP contribution in [0.15, 0.2) is 22.7 Å². The molecular formula is C12H11BrClN3O2. The number of rotatable bonds is 3. The molecule has 0 saturated heterocycles. The van der Waals surface area contributed by atoms with Gasteiger partial charge in [0.1, 0.15) is 5.69 Å². The highest BCUT2D eigenvalue weighted by molar-refractivity contribution is 9.10. The summed E-state index contributed by atoms with van der Waals surface area (Å²) < 4.78 is 2.35. The number of aryl methyl sites for hydroxylation is 2. The van der Waals surface area contributed by atoms with E-state index in [0.29, 0.717) is 12.1 Å². The van der Waals surface area contributed by atoms with E-state index in [9.17, 15) is 10.1 Å². The highest BCUT2D eigenvalue weighted by Crippen LogP contribution is 2.32. The first-order valence-electron chi connectivity index (χ1n) is 5.64. The van der Waals surface area contributed by atoms with E-state index in [2.05, 4.69) is 21.0 Å². The Balaban J connectivity index is 2.66. The Morgan fingerprint density at radius 2 is 2.21 bits per heavy atom. The molecule has 0 radical (unpaired) electrons. The number of benzene rings is 1. The molecule has 0 aliphatic rings. The number of halogens is 2. The molecule has 0 N–H and O–H groups in total. The molecule has 0 spiro atoms. The lowest BCUT2D eigenvalue weighted by molar-refractivity contribution is -0.385. The second kappa shape index (κ2) is 5.30. The van der Waals surface area contributed by atoms with Crippen molar-refractivity contribution in [1.82, 2.24) is 9.78 Å². The smallest absolute Gasteiger partial charge is 0.258 e. The normalized spacial score (nSPS) is 10.7. The van der Waals surface area contributed by atoms with Crippen LogP contribution in [0.4, 0.5) is 5.69 Å². The van der Waals surface area contributed by atoms with Crippen LogP contribution in [0.5, 0.6) is 0 Å². The minimum absolute atomic E-state index is 0.0345. The SMILES string of the molecule is CCc1nn(-c2ccc(Br)cc2C)c(Cl)c1[N+](=O)[O-]. The fourth-order valence-electron chi connectivity index (χ4n) is 1.87. The maximum absolute atomic E-state index is 11.0. The number of hydrogen-bond acceptors (Lipinski definition) is 3. The molecule has 0 atom stereocenters. The maximum Gasteiger partial charge on any atom is 0.329 e. The Bertz CT molecular complexity index is 655. The van der Waals surface area contributed by atoms with Gasteiger partial charge < -0.3 is 0 Å². The van der Waals surface area contributed by atoms with Crippen LogP contribution in [0.25, 0.3) is 5.69 Å². The van der Waals surface area contributed by atoms with Crippen molar-refractivity contribution in [2.75, 3.05) is 0 Å². The van der Waals surface area contributed by atoms with E-state index in [-0.39, 0.29) is 10.8 Å². The summed E-state index contributed by atoms with van der Waals surface area (Å²) in [7, 11) is 0. The van der Waals surface area contributed by atoms with Crippen molar-refractivity contribution in [2.24, 2.45) is 0 Å². The average molecular weight is 345 g/mol. The van der Waals surface area contributed by atoms with Crippen molar-refractivity contribution in [3.8, 4) is 5.69 Å². The summed E-state index contributed by atoms with van der Waals surface area (Å²) in [4.78, 5) is 10.6. The molecule has 0 saturated carbocycles. The van der Waals surface area contributed by atoms with Crippen molar-refractivity contribution >= 4 is 33.2 Å².